The van der Waals surface area contributed by atoms with Crippen LogP contribution in [0.4, 0.5) is 5.82 Å². The molecule has 0 radical (unpaired) electrons. The third-order valence-electron chi connectivity index (χ3n) is 4.64. The van der Waals surface area contributed by atoms with E-state index < -0.39 is 0 Å². The van der Waals surface area contributed by atoms with Crippen LogP contribution in [0.5, 0.6) is 0 Å². The zero-order valence-electron chi connectivity index (χ0n) is 15.4. The number of carbonyl (C=O) groups is 1. The normalized spacial score (nSPS) is 18.0. The molecular formula is C18H26N6O. The van der Waals surface area contributed by atoms with E-state index in [0.29, 0.717) is 25.6 Å². The third kappa shape index (κ3) is 3.97. The van der Waals surface area contributed by atoms with E-state index in [-0.39, 0.29) is 11.9 Å². The van der Waals surface area contributed by atoms with Crippen LogP contribution in [0.15, 0.2) is 24.7 Å². The van der Waals surface area contributed by atoms with Crippen molar-refractivity contribution >= 4 is 11.7 Å². The van der Waals surface area contributed by atoms with Crippen LogP contribution >= 0.6 is 0 Å². The fraction of sp³-hybridized carbons (Fsp3) is 0.556. The molecule has 0 aliphatic carbocycles. The molecule has 0 bridgehead atoms. The van der Waals surface area contributed by atoms with E-state index in [2.05, 4.69) is 40.9 Å². The molecule has 25 heavy (non-hydrogen) atoms. The molecule has 3 rings (SSSR count). The Morgan fingerprint density at radius 2 is 2.08 bits per heavy atom. The standard InChI is InChI=1S/C18H26N6O/c1-13(2)23-11-16(19-12-23)9-18(25)22-7-8-24(15(4)10-22)17-6-5-14(3)20-21-17/h5-6,11-13,15H,7-10H2,1-4H3/t15-/m1/s1. The fourth-order valence-electron chi connectivity index (χ4n) is 3.09. The third-order valence-corrected chi connectivity index (χ3v) is 4.64. The molecule has 2 aromatic heterocycles. The van der Waals surface area contributed by atoms with Crippen molar-refractivity contribution in [3.8, 4) is 0 Å². The average molecular weight is 342 g/mol. The lowest BCUT2D eigenvalue weighted by atomic mass is 10.1. The summed E-state index contributed by atoms with van der Waals surface area (Å²) in [7, 11) is 0. The molecule has 1 aliphatic heterocycles. The maximum absolute atomic E-state index is 12.6. The number of anilines is 1. The summed E-state index contributed by atoms with van der Waals surface area (Å²) in [5, 5.41) is 8.40. The molecular weight excluding hydrogens is 316 g/mol. The Morgan fingerprint density at radius 3 is 2.68 bits per heavy atom. The number of piperazine rings is 1. The van der Waals surface area contributed by atoms with E-state index in [4.69, 9.17) is 0 Å². The van der Waals surface area contributed by atoms with Crippen LogP contribution in [0.1, 0.15) is 38.2 Å². The highest BCUT2D eigenvalue weighted by Crippen LogP contribution is 2.18. The van der Waals surface area contributed by atoms with Gasteiger partial charge in [-0.05, 0) is 39.8 Å². The number of imidazole rings is 1. The summed E-state index contributed by atoms with van der Waals surface area (Å²) in [6.45, 7) is 10.4. The lowest BCUT2D eigenvalue weighted by Gasteiger charge is -2.40. The lowest BCUT2D eigenvalue weighted by Crippen LogP contribution is -2.54. The van der Waals surface area contributed by atoms with Crippen LogP contribution in [0.25, 0.3) is 0 Å². The second-order valence-electron chi connectivity index (χ2n) is 7.00. The number of hydrogen-bond acceptors (Lipinski definition) is 5. The van der Waals surface area contributed by atoms with Gasteiger partial charge in [-0.3, -0.25) is 4.79 Å². The van der Waals surface area contributed by atoms with Crippen molar-refractivity contribution < 1.29 is 4.79 Å². The van der Waals surface area contributed by atoms with Crippen molar-refractivity contribution in [3.05, 3.63) is 36.0 Å². The van der Waals surface area contributed by atoms with Crippen LogP contribution in [-0.4, -0.2) is 56.2 Å². The van der Waals surface area contributed by atoms with Crippen molar-refractivity contribution in [1.82, 2.24) is 24.6 Å². The Labute approximate surface area is 148 Å². The van der Waals surface area contributed by atoms with E-state index in [0.717, 1.165) is 23.8 Å². The van der Waals surface area contributed by atoms with Gasteiger partial charge >= 0.3 is 0 Å². The number of aryl methyl sites for hydroxylation is 1. The quantitative estimate of drug-likeness (QED) is 0.848. The summed E-state index contributed by atoms with van der Waals surface area (Å²) in [6.07, 6.45) is 4.12. The first-order valence-electron chi connectivity index (χ1n) is 8.81. The van der Waals surface area contributed by atoms with Crippen molar-refractivity contribution in [1.29, 1.82) is 0 Å². The first kappa shape index (κ1) is 17.4. The van der Waals surface area contributed by atoms with Crippen molar-refractivity contribution in [2.45, 2.75) is 46.2 Å². The topological polar surface area (TPSA) is 67.2 Å². The van der Waals surface area contributed by atoms with E-state index in [9.17, 15) is 4.79 Å². The summed E-state index contributed by atoms with van der Waals surface area (Å²) in [5.74, 6) is 1.01. The van der Waals surface area contributed by atoms with Crippen LogP contribution in [0, 0.1) is 6.92 Å². The van der Waals surface area contributed by atoms with E-state index in [1.807, 2.05) is 34.7 Å². The highest BCUT2D eigenvalue weighted by atomic mass is 16.2. The van der Waals surface area contributed by atoms with Gasteiger partial charge in [0.25, 0.3) is 0 Å². The van der Waals surface area contributed by atoms with Gasteiger partial charge in [0.05, 0.1) is 24.1 Å². The smallest absolute Gasteiger partial charge is 0.228 e. The average Bonchev–Trinajstić information content (AvgIpc) is 3.04. The minimum Gasteiger partial charge on any atom is -0.349 e. The number of aromatic nitrogens is 4. The first-order valence-corrected chi connectivity index (χ1v) is 8.81. The first-order chi connectivity index (χ1) is 11.9. The van der Waals surface area contributed by atoms with Crippen molar-refractivity contribution in [2.24, 2.45) is 0 Å². The van der Waals surface area contributed by atoms with E-state index >= 15 is 0 Å². The van der Waals surface area contributed by atoms with Gasteiger partial charge in [0.15, 0.2) is 5.82 Å². The Hall–Kier alpha value is -2.44. The molecule has 0 aromatic carbocycles. The predicted molar refractivity (Wildman–Crippen MR) is 96.5 cm³/mol. The molecule has 0 saturated carbocycles. The van der Waals surface area contributed by atoms with Gasteiger partial charge in [0, 0.05) is 37.9 Å². The minimum absolute atomic E-state index is 0.135. The van der Waals surface area contributed by atoms with Gasteiger partial charge in [0.1, 0.15) is 0 Å². The molecule has 1 fully saturated rings. The van der Waals surface area contributed by atoms with Crippen LogP contribution in [-0.2, 0) is 11.2 Å². The summed E-state index contributed by atoms with van der Waals surface area (Å²) >= 11 is 0. The largest absolute Gasteiger partial charge is 0.349 e. The van der Waals surface area contributed by atoms with Gasteiger partial charge in [-0.2, -0.15) is 5.10 Å². The molecule has 1 amide bonds. The predicted octanol–water partition coefficient (Wildman–Crippen LogP) is 1.84. The van der Waals surface area contributed by atoms with Crippen molar-refractivity contribution in [2.75, 3.05) is 24.5 Å². The van der Waals surface area contributed by atoms with Crippen LogP contribution < -0.4 is 4.90 Å². The van der Waals surface area contributed by atoms with Gasteiger partial charge in [-0.1, -0.05) is 0 Å². The number of hydrogen-bond donors (Lipinski definition) is 0. The highest BCUT2D eigenvalue weighted by molar-refractivity contribution is 5.78. The van der Waals surface area contributed by atoms with Gasteiger partial charge in [0.2, 0.25) is 5.91 Å². The summed E-state index contributed by atoms with van der Waals surface area (Å²) < 4.78 is 2.03. The lowest BCUT2D eigenvalue weighted by molar-refractivity contribution is -0.131. The summed E-state index contributed by atoms with van der Waals surface area (Å²) in [6, 6.07) is 4.53. The number of nitrogens with zero attached hydrogens (tertiary/aromatic N) is 6. The molecule has 1 saturated heterocycles. The highest BCUT2D eigenvalue weighted by Gasteiger charge is 2.28. The Bertz CT molecular complexity index is 723. The van der Waals surface area contributed by atoms with Crippen LogP contribution in [0.2, 0.25) is 0 Å². The molecule has 134 valence electrons. The molecule has 1 aliphatic rings. The molecule has 0 N–H and O–H groups in total. The Morgan fingerprint density at radius 1 is 1.28 bits per heavy atom. The molecule has 7 nitrogen and oxygen atoms in total. The monoisotopic (exact) mass is 342 g/mol. The molecule has 2 aromatic rings. The molecule has 3 heterocycles. The molecule has 0 spiro atoms. The SMILES string of the molecule is Cc1ccc(N2CCN(C(=O)Cc3cn(C(C)C)cn3)C[C@H]2C)nn1. The Balaban J connectivity index is 1.59. The fourth-order valence-corrected chi connectivity index (χ4v) is 3.09. The Kier molecular flexibility index (Phi) is 5.01. The zero-order valence-corrected chi connectivity index (χ0v) is 15.4. The number of rotatable bonds is 4. The minimum atomic E-state index is 0.135. The van der Waals surface area contributed by atoms with Gasteiger partial charge in [-0.15, -0.1) is 5.10 Å². The summed E-state index contributed by atoms with van der Waals surface area (Å²) in [5.41, 5.74) is 1.74. The zero-order chi connectivity index (χ0) is 18.0. The number of carbonyl (C=O) groups excluding carboxylic acids is 1. The van der Waals surface area contributed by atoms with E-state index in [1.165, 1.54) is 0 Å². The van der Waals surface area contributed by atoms with Crippen molar-refractivity contribution in [3.63, 3.8) is 0 Å². The van der Waals surface area contributed by atoms with Gasteiger partial charge in [-0.25, -0.2) is 4.98 Å². The van der Waals surface area contributed by atoms with Gasteiger partial charge < -0.3 is 14.4 Å². The molecule has 0 unspecified atom stereocenters. The number of amides is 1. The molecule has 1 atom stereocenters. The maximum atomic E-state index is 12.6. The summed E-state index contributed by atoms with van der Waals surface area (Å²) in [4.78, 5) is 21.1. The van der Waals surface area contributed by atoms with Crippen LogP contribution in [0.3, 0.4) is 0 Å². The van der Waals surface area contributed by atoms with E-state index in [1.54, 1.807) is 6.33 Å². The second kappa shape index (κ2) is 7.21. The maximum Gasteiger partial charge on any atom is 0.228 e. The molecule has 7 heteroatoms. The second-order valence-corrected chi connectivity index (χ2v) is 7.00.